The molecular formula is C15H18O2. The highest BCUT2D eigenvalue weighted by atomic mass is 16.5. The summed E-state index contributed by atoms with van der Waals surface area (Å²) in [6, 6.07) is 7.84. The van der Waals surface area contributed by atoms with Gasteiger partial charge in [-0.2, -0.15) is 0 Å². The average Bonchev–Trinajstić information content (AvgIpc) is 2.32. The Morgan fingerprint density at radius 3 is 2.41 bits per heavy atom. The standard InChI is InChI=1S/C15H18O2/c1-9(2)13-8-15(16)10(3)12-6-5-11(17-4)7-14(12)13/h5-9,16H,1-4H3. The Kier molecular flexibility index (Phi) is 2.97. The molecule has 0 heterocycles. The number of fused-ring (bicyclic) bond motifs is 1. The zero-order valence-corrected chi connectivity index (χ0v) is 10.7. The van der Waals surface area contributed by atoms with Gasteiger partial charge in [0.25, 0.3) is 0 Å². The summed E-state index contributed by atoms with van der Waals surface area (Å²) < 4.78 is 5.26. The first kappa shape index (κ1) is 11.8. The molecule has 0 aliphatic rings. The molecule has 0 aromatic heterocycles. The van der Waals surface area contributed by atoms with Crippen LogP contribution in [0.1, 0.15) is 30.9 Å². The number of aromatic hydroxyl groups is 1. The van der Waals surface area contributed by atoms with Gasteiger partial charge in [0.15, 0.2) is 0 Å². The SMILES string of the molecule is COc1ccc2c(C)c(O)cc(C(C)C)c2c1. The van der Waals surface area contributed by atoms with Gasteiger partial charge in [0, 0.05) is 0 Å². The summed E-state index contributed by atoms with van der Waals surface area (Å²) in [5.41, 5.74) is 2.08. The predicted molar refractivity (Wildman–Crippen MR) is 71.0 cm³/mol. The van der Waals surface area contributed by atoms with Gasteiger partial charge in [0.2, 0.25) is 0 Å². The molecule has 1 N–H and O–H groups in total. The largest absolute Gasteiger partial charge is 0.508 e. The zero-order chi connectivity index (χ0) is 12.6. The van der Waals surface area contributed by atoms with Gasteiger partial charge in [-0.1, -0.05) is 19.9 Å². The molecule has 0 spiro atoms. The Morgan fingerprint density at radius 1 is 1.12 bits per heavy atom. The van der Waals surface area contributed by atoms with E-state index in [1.54, 1.807) is 7.11 Å². The molecule has 2 aromatic rings. The fourth-order valence-corrected chi connectivity index (χ4v) is 2.17. The highest BCUT2D eigenvalue weighted by molar-refractivity contribution is 5.92. The summed E-state index contributed by atoms with van der Waals surface area (Å²) >= 11 is 0. The molecule has 2 rings (SSSR count). The summed E-state index contributed by atoms with van der Waals surface area (Å²) in [5.74, 6) is 1.59. The third-order valence-corrected chi connectivity index (χ3v) is 3.24. The van der Waals surface area contributed by atoms with Crippen LogP contribution in [-0.2, 0) is 0 Å². The Balaban J connectivity index is 2.84. The molecule has 0 aliphatic carbocycles. The second kappa shape index (κ2) is 4.28. The summed E-state index contributed by atoms with van der Waals surface area (Å²) in [7, 11) is 1.67. The molecule has 0 atom stereocenters. The van der Waals surface area contributed by atoms with E-state index < -0.39 is 0 Å². The van der Waals surface area contributed by atoms with Crippen LogP contribution in [0.2, 0.25) is 0 Å². The van der Waals surface area contributed by atoms with Gasteiger partial charge in [0.1, 0.15) is 11.5 Å². The van der Waals surface area contributed by atoms with Gasteiger partial charge in [-0.25, -0.2) is 0 Å². The first-order valence-electron chi connectivity index (χ1n) is 5.84. The molecule has 90 valence electrons. The summed E-state index contributed by atoms with van der Waals surface area (Å²) in [6.07, 6.45) is 0. The smallest absolute Gasteiger partial charge is 0.119 e. The van der Waals surface area contributed by atoms with E-state index in [4.69, 9.17) is 4.74 Å². The van der Waals surface area contributed by atoms with E-state index in [1.807, 2.05) is 31.2 Å². The molecule has 2 heteroatoms. The lowest BCUT2D eigenvalue weighted by atomic mass is 9.93. The van der Waals surface area contributed by atoms with Crippen molar-refractivity contribution in [2.75, 3.05) is 7.11 Å². The van der Waals surface area contributed by atoms with Crippen molar-refractivity contribution in [1.29, 1.82) is 0 Å². The van der Waals surface area contributed by atoms with Crippen LogP contribution in [0.25, 0.3) is 10.8 Å². The lowest BCUT2D eigenvalue weighted by Crippen LogP contribution is -1.93. The molecule has 2 nitrogen and oxygen atoms in total. The van der Waals surface area contributed by atoms with Gasteiger partial charge >= 0.3 is 0 Å². The van der Waals surface area contributed by atoms with Crippen molar-refractivity contribution in [2.45, 2.75) is 26.7 Å². The highest BCUT2D eigenvalue weighted by Crippen LogP contribution is 2.35. The third kappa shape index (κ3) is 1.95. The summed E-state index contributed by atoms with van der Waals surface area (Å²) in [4.78, 5) is 0. The number of ether oxygens (including phenoxy) is 1. The van der Waals surface area contributed by atoms with Crippen molar-refractivity contribution in [3.63, 3.8) is 0 Å². The van der Waals surface area contributed by atoms with Crippen LogP contribution in [-0.4, -0.2) is 12.2 Å². The first-order valence-corrected chi connectivity index (χ1v) is 5.84. The van der Waals surface area contributed by atoms with Crippen molar-refractivity contribution in [3.8, 4) is 11.5 Å². The Morgan fingerprint density at radius 2 is 1.82 bits per heavy atom. The van der Waals surface area contributed by atoms with Crippen LogP contribution in [0.15, 0.2) is 24.3 Å². The van der Waals surface area contributed by atoms with Crippen LogP contribution in [0.5, 0.6) is 11.5 Å². The fraction of sp³-hybridized carbons (Fsp3) is 0.333. The Labute approximate surface area is 102 Å². The van der Waals surface area contributed by atoms with E-state index in [0.29, 0.717) is 11.7 Å². The van der Waals surface area contributed by atoms with Gasteiger partial charge in [-0.05, 0) is 52.9 Å². The van der Waals surface area contributed by atoms with E-state index in [1.165, 1.54) is 0 Å². The van der Waals surface area contributed by atoms with E-state index in [0.717, 1.165) is 27.6 Å². The minimum absolute atomic E-state index is 0.367. The van der Waals surface area contributed by atoms with Crippen molar-refractivity contribution in [3.05, 3.63) is 35.4 Å². The lowest BCUT2D eigenvalue weighted by Gasteiger charge is -2.14. The first-order chi connectivity index (χ1) is 8.04. The van der Waals surface area contributed by atoms with Crippen molar-refractivity contribution in [1.82, 2.24) is 0 Å². The Hall–Kier alpha value is -1.70. The summed E-state index contributed by atoms with van der Waals surface area (Å²) in [5, 5.41) is 12.2. The molecule has 0 fully saturated rings. The second-order valence-corrected chi connectivity index (χ2v) is 4.68. The third-order valence-electron chi connectivity index (χ3n) is 3.24. The minimum Gasteiger partial charge on any atom is -0.508 e. The van der Waals surface area contributed by atoms with Crippen molar-refractivity contribution >= 4 is 10.8 Å². The van der Waals surface area contributed by atoms with E-state index in [2.05, 4.69) is 13.8 Å². The number of hydrogen-bond donors (Lipinski definition) is 1. The van der Waals surface area contributed by atoms with Gasteiger partial charge < -0.3 is 9.84 Å². The fourth-order valence-electron chi connectivity index (χ4n) is 2.17. The second-order valence-electron chi connectivity index (χ2n) is 4.68. The molecule has 0 radical (unpaired) electrons. The molecule has 0 amide bonds. The lowest BCUT2D eigenvalue weighted by molar-refractivity contribution is 0.415. The number of rotatable bonds is 2. The Bertz CT molecular complexity index is 556. The molecule has 2 aromatic carbocycles. The number of hydrogen-bond acceptors (Lipinski definition) is 2. The maximum Gasteiger partial charge on any atom is 0.119 e. The molecule has 0 saturated carbocycles. The van der Waals surface area contributed by atoms with Gasteiger partial charge in [-0.15, -0.1) is 0 Å². The zero-order valence-electron chi connectivity index (χ0n) is 10.7. The molecule has 0 unspecified atom stereocenters. The van der Waals surface area contributed by atoms with Crippen LogP contribution in [0, 0.1) is 6.92 Å². The number of phenolic OH excluding ortho intramolecular Hbond substituents is 1. The maximum atomic E-state index is 9.94. The molecule has 17 heavy (non-hydrogen) atoms. The molecule has 0 bridgehead atoms. The number of phenols is 1. The van der Waals surface area contributed by atoms with Crippen molar-refractivity contribution in [2.24, 2.45) is 0 Å². The topological polar surface area (TPSA) is 29.5 Å². The van der Waals surface area contributed by atoms with Crippen molar-refractivity contribution < 1.29 is 9.84 Å². The predicted octanol–water partition coefficient (Wildman–Crippen LogP) is 3.99. The van der Waals surface area contributed by atoms with Crippen LogP contribution < -0.4 is 4.74 Å². The monoisotopic (exact) mass is 230 g/mol. The quantitative estimate of drug-likeness (QED) is 0.845. The highest BCUT2D eigenvalue weighted by Gasteiger charge is 2.11. The normalized spacial score (nSPS) is 11.1. The van der Waals surface area contributed by atoms with Crippen LogP contribution >= 0.6 is 0 Å². The maximum absolute atomic E-state index is 9.94. The van der Waals surface area contributed by atoms with E-state index in [9.17, 15) is 5.11 Å². The number of methoxy groups -OCH3 is 1. The number of aryl methyl sites for hydroxylation is 1. The minimum atomic E-state index is 0.367. The van der Waals surface area contributed by atoms with E-state index >= 15 is 0 Å². The van der Waals surface area contributed by atoms with Crippen LogP contribution in [0.4, 0.5) is 0 Å². The molecule has 0 aliphatic heterocycles. The average molecular weight is 230 g/mol. The van der Waals surface area contributed by atoms with Gasteiger partial charge in [0.05, 0.1) is 7.11 Å². The number of benzene rings is 2. The summed E-state index contributed by atoms with van der Waals surface area (Å²) in [6.45, 7) is 6.19. The van der Waals surface area contributed by atoms with Gasteiger partial charge in [-0.3, -0.25) is 0 Å². The molecular weight excluding hydrogens is 212 g/mol. The van der Waals surface area contributed by atoms with Crippen LogP contribution in [0.3, 0.4) is 0 Å². The van der Waals surface area contributed by atoms with E-state index in [-0.39, 0.29) is 0 Å². The molecule has 0 saturated heterocycles.